The van der Waals surface area contributed by atoms with E-state index in [0.29, 0.717) is 13.0 Å². The molecule has 3 aliphatic rings. The van der Waals surface area contributed by atoms with Gasteiger partial charge in [-0.15, -0.1) is 0 Å². The van der Waals surface area contributed by atoms with E-state index in [2.05, 4.69) is 10.6 Å². The molecule has 2 N–H and O–H groups in total. The summed E-state index contributed by atoms with van der Waals surface area (Å²) in [4.78, 5) is 13.5. The van der Waals surface area contributed by atoms with Crippen molar-refractivity contribution >= 4 is 6.03 Å². The van der Waals surface area contributed by atoms with Crippen LogP contribution in [0.25, 0.3) is 0 Å². The number of hydrogen-bond donors (Lipinski definition) is 2. The molecule has 4 atom stereocenters. The normalized spacial score (nSPS) is 34.6. The fourth-order valence-electron chi connectivity index (χ4n) is 4.76. The molecule has 0 unspecified atom stereocenters. The van der Waals surface area contributed by atoms with Crippen molar-refractivity contribution in [1.82, 2.24) is 15.5 Å². The Labute approximate surface area is 141 Å². The molecule has 0 radical (unpaired) electrons. The highest BCUT2D eigenvalue weighted by molar-refractivity contribution is 5.74. The molecular weight excluding hydrogens is 319 g/mol. The Bertz CT molecular complexity index is 443. The van der Waals surface area contributed by atoms with Gasteiger partial charge in [0.2, 0.25) is 0 Å². The van der Waals surface area contributed by atoms with E-state index in [1.54, 1.807) is 0 Å². The highest BCUT2D eigenvalue weighted by Crippen LogP contribution is 2.40. The number of nitrogens with one attached hydrogen (secondary N) is 2. The van der Waals surface area contributed by atoms with Crippen LogP contribution >= 0.6 is 0 Å². The quantitative estimate of drug-likeness (QED) is 0.823. The summed E-state index contributed by atoms with van der Waals surface area (Å²) < 4.78 is 37.2. The lowest BCUT2D eigenvalue weighted by Crippen LogP contribution is -2.49. The smallest absolute Gasteiger partial charge is 0.335 e. The number of carbonyl (C=O) groups is 1. The topological polar surface area (TPSA) is 44.4 Å². The maximum atomic E-state index is 12.4. The van der Waals surface area contributed by atoms with E-state index < -0.39 is 12.7 Å². The Hall–Kier alpha value is -0.980. The molecule has 24 heavy (non-hydrogen) atoms. The van der Waals surface area contributed by atoms with Crippen molar-refractivity contribution < 1.29 is 18.0 Å². The van der Waals surface area contributed by atoms with Gasteiger partial charge in [-0.3, -0.25) is 4.90 Å². The minimum atomic E-state index is -4.17. The van der Waals surface area contributed by atoms with Gasteiger partial charge in [0, 0.05) is 25.2 Å². The van der Waals surface area contributed by atoms with Crippen molar-refractivity contribution in [2.45, 2.75) is 69.6 Å². The average molecular weight is 347 g/mol. The minimum Gasteiger partial charge on any atom is -0.335 e. The number of fused-ring (bicyclic) bond motifs is 1. The number of urea groups is 1. The molecule has 138 valence electrons. The SMILES string of the molecule is O=C(N[C@@H]1CC[C@@H]2CCCC[C@H]2C1)N[C@H]1CCN(CC(F)(F)F)C1. The summed E-state index contributed by atoms with van der Waals surface area (Å²) in [5.41, 5.74) is 0. The third-order valence-corrected chi connectivity index (χ3v) is 5.89. The number of alkyl halides is 3. The Kier molecular flexibility index (Phi) is 5.57. The summed E-state index contributed by atoms with van der Waals surface area (Å²) in [6.45, 7) is -0.224. The largest absolute Gasteiger partial charge is 0.401 e. The lowest BCUT2D eigenvalue weighted by molar-refractivity contribution is -0.143. The van der Waals surface area contributed by atoms with Crippen LogP contribution in [0.1, 0.15) is 51.4 Å². The number of carbonyl (C=O) groups excluding carboxylic acids is 1. The molecule has 7 heteroatoms. The van der Waals surface area contributed by atoms with Gasteiger partial charge in [-0.05, 0) is 37.5 Å². The van der Waals surface area contributed by atoms with Crippen molar-refractivity contribution in [1.29, 1.82) is 0 Å². The van der Waals surface area contributed by atoms with Crippen LogP contribution in [0.4, 0.5) is 18.0 Å². The Balaban J connectivity index is 1.38. The van der Waals surface area contributed by atoms with E-state index >= 15 is 0 Å². The first-order valence-electron chi connectivity index (χ1n) is 9.25. The minimum absolute atomic E-state index is 0.182. The molecule has 2 amide bonds. The van der Waals surface area contributed by atoms with E-state index in [-0.39, 0.29) is 24.7 Å². The van der Waals surface area contributed by atoms with Gasteiger partial charge in [0.05, 0.1) is 6.54 Å². The zero-order valence-electron chi connectivity index (χ0n) is 14.1. The van der Waals surface area contributed by atoms with Gasteiger partial charge in [-0.2, -0.15) is 13.2 Å². The monoisotopic (exact) mass is 347 g/mol. The molecule has 0 aromatic heterocycles. The highest BCUT2D eigenvalue weighted by atomic mass is 19.4. The molecule has 3 fully saturated rings. The fraction of sp³-hybridized carbons (Fsp3) is 0.941. The van der Waals surface area contributed by atoms with Crippen molar-refractivity contribution in [2.24, 2.45) is 11.8 Å². The number of amides is 2. The number of hydrogen-bond acceptors (Lipinski definition) is 2. The summed E-state index contributed by atoms with van der Waals surface area (Å²) in [5, 5.41) is 5.91. The van der Waals surface area contributed by atoms with Crippen LogP contribution < -0.4 is 10.6 Å². The number of rotatable bonds is 3. The highest BCUT2D eigenvalue weighted by Gasteiger charge is 2.35. The van der Waals surface area contributed by atoms with E-state index in [1.165, 1.54) is 37.0 Å². The van der Waals surface area contributed by atoms with Crippen molar-refractivity contribution in [3.63, 3.8) is 0 Å². The van der Waals surface area contributed by atoms with Crippen LogP contribution in [0, 0.1) is 11.8 Å². The molecule has 2 aliphatic carbocycles. The van der Waals surface area contributed by atoms with Crippen molar-refractivity contribution in [3.8, 4) is 0 Å². The number of nitrogens with zero attached hydrogens (tertiary/aromatic N) is 1. The molecule has 1 saturated heterocycles. The van der Waals surface area contributed by atoms with Crippen LogP contribution in [0.2, 0.25) is 0 Å². The van der Waals surface area contributed by atoms with Crippen molar-refractivity contribution in [2.75, 3.05) is 19.6 Å². The molecule has 1 aliphatic heterocycles. The van der Waals surface area contributed by atoms with Gasteiger partial charge in [0.1, 0.15) is 0 Å². The van der Waals surface area contributed by atoms with E-state index in [9.17, 15) is 18.0 Å². The first kappa shape index (κ1) is 17.8. The third kappa shape index (κ3) is 5.01. The second kappa shape index (κ2) is 7.50. The summed E-state index contributed by atoms with van der Waals surface area (Å²) in [6, 6.07) is -0.177. The Morgan fingerprint density at radius 1 is 0.958 bits per heavy atom. The lowest BCUT2D eigenvalue weighted by atomic mass is 9.69. The summed E-state index contributed by atoms with van der Waals surface area (Å²) in [7, 11) is 0. The predicted octanol–water partition coefficient (Wildman–Crippen LogP) is 3.28. The van der Waals surface area contributed by atoms with Crippen LogP contribution in [-0.2, 0) is 0 Å². The Morgan fingerprint density at radius 2 is 1.67 bits per heavy atom. The molecule has 4 nitrogen and oxygen atoms in total. The standard InChI is InChI=1S/C17H28F3N3O/c18-17(19,20)11-23-8-7-15(10-23)22-16(24)21-14-6-5-12-3-1-2-4-13(12)9-14/h12-15H,1-11H2,(H2,21,22,24)/t12-,13-,14+,15-/m0/s1. The first-order chi connectivity index (χ1) is 11.4. The maximum absolute atomic E-state index is 12.4. The Morgan fingerprint density at radius 3 is 2.42 bits per heavy atom. The fourth-order valence-corrected chi connectivity index (χ4v) is 4.76. The summed E-state index contributed by atoms with van der Waals surface area (Å²) >= 11 is 0. The van der Waals surface area contributed by atoms with E-state index in [0.717, 1.165) is 24.7 Å². The molecule has 0 aromatic rings. The van der Waals surface area contributed by atoms with Gasteiger partial charge in [-0.1, -0.05) is 25.7 Å². The van der Waals surface area contributed by atoms with Gasteiger partial charge in [0.25, 0.3) is 0 Å². The molecule has 0 aromatic carbocycles. The zero-order chi connectivity index (χ0) is 17.2. The molecule has 0 bridgehead atoms. The average Bonchev–Trinajstić information content (AvgIpc) is 2.91. The maximum Gasteiger partial charge on any atom is 0.401 e. The van der Waals surface area contributed by atoms with E-state index in [1.807, 2.05) is 0 Å². The lowest BCUT2D eigenvalue weighted by Gasteiger charge is -2.39. The second-order valence-electron chi connectivity index (χ2n) is 7.77. The third-order valence-electron chi connectivity index (χ3n) is 5.89. The van der Waals surface area contributed by atoms with Gasteiger partial charge in [-0.25, -0.2) is 4.79 Å². The predicted molar refractivity (Wildman–Crippen MR) is 85.7 cm³/mol. The van der Waals surface area contributed by atoms with E-state index in [4.69, 9.17) is 0 Å². The van der Waals surface area contributed by atoms with Gasteiger partial charge >= 0.3 is 12.2 Å². The molecule has 0 spiro atoms. The zero-order valence-corrected chi connectivity index (χ0v) is 14.1. The van der Waals surface area contributed by atoms with Gasteiger partial charge < -0.3 is 10.6 Å². The second-order valence-corrected chi connectivity index (χ2v) is 7.77. The first-order valence-corrected chi connectivity index (χ1v) is 9.25. The van der Waals surface area contributed by atoms with Crippen LogP contribution in [0.5, 0.6) is 0 Å². The van der Waals surface area contributed by atoms with Crippen LogP contribution in [0.15, 0.2) is 0 Å². The molecule has 1 heterocycles. The number of likely N-dealkylation sites (tertiary alicyclic amines) is 1. The summed E-state index contributed by atoms with van der Waals surface area (Å²) in [6.07, 6.45) is 4.95. The van der Waals surface area contributed by atoms with Crippen LogP contribution in [-0.4, -0.2) is 48.8 Å². The van der Waals surface area contributed by atoms with Crippen LogP contribution in [0.3, 0.4) is 0 Å². The summed E-state index contributed by atoms with van der Waals surface area (Å²) in [5.74, 6) is 1.58. The molecule has 2 saturated carbocycles. The van der Waals surface area contributed by atoms with Gasteiger partial charge in [0.15, 0.2) is 0 Å². The molecular formula is C17H28F3N3O. The van der Waals surface area contributed by atoms with Crippen molar-refractivity contribution in [3.05, 3.63) is 0 Å². The molecule has 3 rings (SSSR count). The number of halogens is 3.